The van der Waals surface area contributed by atoms with E-state index in [0.29, 0.717) is 11.1 Å². The minimum Gasteiger partial charge on any atom is -0.422 e. The molecule has 2 heteroatoms. The van der Waals surface area contributed by atoms with E-state index in [2.05, 4.69) is 0 Å². The average molecular weight is 236 g/mol. The summed E-state index contributed by atoms with van der Waals surface area (Å²) in [5.74, 6) is 0. The lowest BCUT2D eigenvalue weighted by atomic mass is 10.00. The van der Waals surface area contributed by atoms with Crippen LogP contribution in [0, 0.1) is 6.92 Å². The van der Waals surface area contributed by atoms with Gasteiger partial charge in [0.25, 0.3) is 0 Å². The van der Waals surface area contributed by atoms with Crippen molar-refractivity contribution in [3.05, 3.63) is 70.6 Å². The Morgan fingerprint density at radius 1 is 0.889 bits per heavy atom. The molecule has 0 N–H and O–H groups in total. The third-order valence-corrected chi connectivity index (χ3v) is 3.14. The highest BCUT2D eigenvalue weighted by Gasteiger charge is 2.12. The Morgan fingerprint density at radius 2 is 1.56 bits per heavy atom. The van der Waals surface area contributed by atoms with Crippen LogP contribution in [0.3, 0.4) is 0 Å². The van der Waals surface area contributed by atoms with Crippen LogP contribution in [-0.4, -0.2) is 0 Å². The summed E-state index contributed by atoms with van der Waals surface area (Å²) in [5.41, 5.74) is 2.87. The van der Waals surface area contributed by atoms with Crippen molar-refractivity contribution in [2.24, 2.45) is 0 Å². The Kier molecular flexibility index (Phi) is 2.49. The fraction of sp³-hybridized carbons (Fsp3) is 0.0625. The molecular formula is C16H12O2. The summed E-state index contributed by atoms with van der Waals surface area (Å²) < 4.78 is 5.37. The fourth-order valence-electron chi connectivity index (χ4n) is 2.24. The van der Waals surface area contributed by atoms with Crippen molar-refractivity contribution in [2.45, 2.75) is 6.92 Å². The first kappa shape index (κ1) is 10.8. The number of benzene rings is 2. The summed E-state index contributed by atoms with van der Waals surface area (Å²) in [4.78, 5) is 12.1. The molecule has 0 amide bonds. The van der Waals surface area contributed by atoms with Crippen molar-refractivity contribution in [1.29, 1.82) is 0 Å². The normalized spacial score (nSPS) is 10.7. The predicted molar refractivity (Wildman–Crippen MR) is 72.7 cm³/mol. The molecule has 0 spiro atoms. The first-order valence-corrected chi connectivity index (χ1v) is 5.85. The molecule has 0 unspecified atom stereocenters. The van der Waals surface area contributed by atoms with Gasteiger partial charge in [0.1, 0.15) is 5.58 Å². The van der Waals surface area contributed by atoms with Gasteiger partial charge in [0.05, 0.1) is 5.56 Å². The molecule has 0 fully saturated rings. The molecule has 0 saturated carbocycles. The summed E-state index contributed by atoms with van der Waals surface area (Å²) in [6.07, 6.45) is 0. The second kappa shape index (κ2) is 4.15. The van der Waals surface area contributed by atoms with E-state index in [1.165, 1.54) is 0 Å². The van der Waals surface area contributed by atoms with E-state index >= 15 is 0 Å². The summed E-state index contributed by atoms with van der Waals surface area (Å²) in [6, 6.07) is 17.2. The lowest BCUT2D eigenvalue weighted by molar-refractivity contribution is 0.562. The summed E-state index contributed by atoms with van der Waals surface area (Å²) in [6.45, 7) is 1.96. The molecule has 88 valence electrons. The molecular weight excluding hydrogens is 224 g/mol. The van der Waals surface area contributed by atoms with Crippen LogP contribution in [0.15, 0.2) is 63.8 Å². The van der Waals surface area contributed by atoms with Gasteiger partial charge in [-0.2, -0.15) is 0 Å². The summed E-state index contributed by atoms with van der Waals surface area (Å²) >= 11 is 0. The van der Waals surface area contributed by atoms with E-state index in [4.69, 9.17) is 4.42 Å². The molecule has 1 aromatic heterocycles. The van der Waals surface area contributed by atoms with Crippen LogP contribution >= 0.6 is 0 Å². The Hall–Kier alpha value is -2.35. The van der Waals surface area contributed by atoms with Crippen molar-refractivity contribution in [1.82, 2.24) is 0 Å². The molecule has 3 rings (SSSR count). The third kappa shape index (κ3) is 1.63. The zero-order valence-electron chi connectivity index (χ0n) is 10.0. The Morgan fingerprint density at radius 3 is 2.33 bits per heavy atom. The van der Waals surface area contributed by atoms with Crippen molar-refractivity contribution in [3.63, 3.8) is 0 Å². The van der Waals surface area contributed by atoms with Crippen molar-refractivity contribution >= 4 is 11.0 Å². The van der Waals surface area contributed by atoms with E-state index in [1.807, 2.05) is 61.5 Å². The monoisotopic (exact) mass is 236 g/mol. The maximum absolute atomic E-state index is 12.1. The largest absolute Gasteiger partial charge is 0.422 e. The molecule has 0 aliphatic heterocycles. The number of aryl methyl sites for hydroxylation is 1. The highest BCUT2D eigenvalue weighted by Crippen LogP contribution is 2.25. The Labute approximate surface area is 105 Å². The maximum Gasteiger partial charge on any atom is 0.344 e. The molecule has 0 bridgehead atoms. The molecule has 0 saturated heterocycles. The minimum atomic E-state index is -0.280. The number of rotatable bonds is 1. The summed E-state index contributed by atoms with van der Waals surface area (Å²) in [5, 5.41) is 0.982. The lowest BCUT2D eigenvalue weighted by Gasteiger charge is -2.07. The van der Waals surface area contributed by atoms with Crippen LogP contribution in [0.1, 0.15) is 5.56 Å². The van der Waals surface area contributed by atoms with Crippen LogP contribution < -0.4 is 5.63 Å². The van der Waals surface area contributed by atoms with Gasteiger partial charge in [0.15, 0.2) is 0 Å². The first-order valence-electron chi connectivity index (χ1n) is 5.85. The first-order chi connectivity index (χ1) is 8.77. The lowest BCUT2D eigenvalue weighted by Crippen LogP contribution is -2.05. The van der Waals surface area contributed by atoms with Crippen LogP contribution in [0.4, 0.5) is 0 Å². The number of para-hydroxylation sites is 1. The smallest absolute Gasteiger partial charge is 0.344 e. The van der Waals surface area contributed by atoms with Crippen molar-refractivity contribution in [2.75, 3.05) is 0 Å². The summed E-state index contributed by atoms with van der Waals surface area (Å²) in [7, 11) is 0. The van der Waals surface area contributed by atoms with Crippen LogP contribution in [0.25, 0.3) is 22.1 Å². The molecule has 2 aromatic carbocycles. The minimum absolute atomic E-state index is 0.280. The molecule has 0 aliphatic carbocycles. The fourth-order valence-corrected chi connectivity index (χ4v) is 2.24. The molecule has 2 nitrogen and oxygen atoms in total. The number of hydrogen-bond acceptors (Lipinski definition) is 2. The zero-order valence-corrected chi connectivity index (χ0v) is 10.0. The maximum atomic E-state index is 12.1. The quantitative estimate of drug-likeness (QED) is 0.602. The Balaban J connectivity index is 2.41. The SMILES string of the molecule is Cc1c(-c2ccccc2)c(=O)oc2ccccc12. The van der Waals surface area contributed by atoms with E-state index < -0.39 is 0 Å². The van der Waals surface area contributed by atoms with Gasteiger partial charge in [-0.05, 0) is 24.1 Å². The third-order valence-electron chi connectivity index (χ3n) is 3.14. The van der Waals surface area contributed by atoms with E-state index in [9.17, 15) is 4.79 Å². The van der Waals surface area contributed by atoms with E-state index in [0.717, 1.165) is 16.5 Å². The topological polar surface area (TPSA) is 30.2 Å². The molecule has 0 radical (unpaired) electrons. The highest BCUT2D eigenvalue weighted by atomic mass is 16.4. The van der Waals surface area contributed by atoms with Gasteiger partial charge < -0.3 is 4.42 Å². The van der Waals surface area contributed by atoms with Gasteiger partial charge in [-0.25, -0.2) is 4.79 Å². The molecule has 18 heavy (non-hydrogen) atoms. The molecule has 0 aliphatic rings. The van der Waals surface area contributed by atoms with Crippen LogP contribution in [0.2, 0.25) is 0 Å². The number of hydrogen-bond donors (Lipinski definition) is 0. The second-order valence-electron chi connectivity index (χ2n) is 4.25. The Bertz CT molecular complexity index is 755. The van der Waals surface area contributed by atoms with Crippen molar-refractivity contribution < 1.29 is 4.42 Å². The van der Waals surface area contributed by atoms with Gasteiger partial charge >= 0.3 is 5.63 Å². The molecule has 1 heterocycles. The van der Waals surface area contributed by atoms with Gasteiger partial charge in [0.2, 0.25) is 0 Å². The van der Waals surface area contributed by atoms with E-state index in [-0.39, 0.29) is 5.63 Å². The van der Waals surface area contributed by atoms with Gasteiger partial charge in [0, 0.05) is 5.39 Å². The zero-order chi connectivity index (χ0) is 12.5. The van der Waals surface area contributed by atoms with Crippen LogP contribution in [0.5, 0.6) is 0 Å². The predicted octanol–water partition coefficient (Wildman–Crippen LogP) is 3.77. The van der Waals surface area contributed by atoms with E-state index in [1.54, 1.807) is 0 Å². The van der Waals surface area contributed by atoms with Gasteiger partial charge in [-0.15, -0.1) is 0 Å². The highest BCUT2D eigenvalue weighted by molar-refractivity contribution is 5.86. The number of fused-ring (bicyclic) bond motifs is 1. The average Bonchev–Trinajstić information content (AvgIpc) is 2.40. The van der Waals surface area contributed by atoms with Crippen LogP contribution in [-0.2, 0) is 0 Å². The van der Waals surface area contributed by atoms with Gasteiger partial charge in [-0.1, -0.05) is 48.5 Å². The molecule has 3 aromatic rings. The second-order valence-corrected chi connectivity index (χ2v) is 4.25. The standard InChI is InChI=1S/C16H12O2/c1-11-13-9-5-6-10-14(13)18-16(17)15(11)12-7-3-2-4-8-12/h2-10H,1H3. The van der Waals surface area contributed by atoms with Crippen molar-refractivity contribution in [3.8, 4) is 11.1 Å². The molecule has 0 atom stereocenters. The van der Waals surface area contributed by atoms with Gasteiger partial charge in [-0.3, -0.25) is 0 Å².